The predicted molar refractivity (Wildman–Crippen MR) is 173 cm³/mol. The molecule has 2 aliphatic heterocycles. The molecule has 2 N–H and O–H groups in total. The molecule has 4 aromatic carbocycles. The number of carbonyl (C=O) groups is 1. The number of carbonyl (C=O) groups excluding carboxylic acids is 1. The summed E-state index contributed by atoms with van der Waals surface area (Å²) in [6, 6.07) is 29.8. The molecule has 6 nitrogen and oxygen atoms in total. The highest BCUT2D eigenvalue weighted by molar-refractivity contribution is 7.89. The number of nitrogens with one attached hydrogen (secondary N) is 2. The first-order valence-electron chi connectivity index (χ1n) is 14.4. The van der Waals surface area contributed by atoms with E-state index < -0.39 is 16.1 Å². The van der Waals surface area contributed by atoms with Gasteiger partial charge in [-0.2, -0.15) is 4.72 Å². The number of benzene rings is 4. The van der Waals surface area contributed by atoms with Crippen molar-refractivity contribution in [1.82, 2.24) is 14.9 Å². The molecular weight excluding hydrogens is 601 g/mol. The van der Waals surface area contributed by atoms with Crippen molar-refractivity contribution >= 4 is 39.1 Å². The molecule has 0 saturated carbocycles. The lowest BCUT2D eigenvalue weighted by atomic mass is 9.98. The molecule has 6 rings (SSSR count). The van der Waals surface area contributed by atoms with Crippen molar-refractivity contribution in [2.45, 2.75) is 49.7 Å². The van der Waals surface area contributed by atoms with E-state index in [1.165, 1.54) is 35.2 Å². The number of sulfonamides is 1. The molecule has 2 aliphatic rings. The van der Waals surface area contributed by atoms with Crippen LogP contribution < -0.4 is 10.0 Å². The number of rotatable bonds is 7. The van der Waals surface area contributed by atoms with E-state index in [0.717, 1.165) is 30.6 Å². The average molecular weight is 637 g/mol. The van der Waals surface area contributed by atoms with Crippen LogP contribution in [0, 0.1) is 0 Å². The molecule has 224 valence electrons. The largest absolute Gasteiger partial charge is 0.337 e. The third-order valence-electron chi connectivity index (χ3n) is 7.79. The Labute approximate surface area is 264 Å². The van der Waals surface area contributed by atoms with Crippen LogP contribution in [0.15, 0.2) is 102 Å². The van der Waals surface area contributed by atoms with Gasteiger partial charge in [0.1, 0.15) is 10.9 Å². The van der Waals surface area contributed by atoms with Crippen LogP contribution in [-0.4, -0.2) is 38.4 Å². The Bertz CT molecular complexity index is 1620. The molecule has 0 bridgehead atoms. The Balaban J connectivity index is 0.000000308. The molecular formula is C34H35Cl2N3O3S. The Morgan fingerprint density at radius 2 is 1.40 bits per heavy atom. The van der Waals surface area contributed by atoms with Gasteiger partial charge in [-0.25, -0.2) is 8.42 Å². The van der Waals surface area contributed by atoms with Crippen molar-refractivity contribution < 1.29 is 13.2 Å². The summed E-state index contributed by atoms with van der Waals surface area (Å²) < 4.78 is 29.1. The fourth-order valence-electron chi connectivity index (χ4n) is 5.50. The van der Waals surface area contributed by atoms with Crippen LogP contribution in [-0.2, 0) is 47.2 Å². The van der Waals surface area contributed by atoms with Crippen LogP contribution in [0.2, 0.25) is 10.0 Å². The number of hydrogen-bond acceptors (Lipinski definition) is 4. The second kappa shape index (κ2) is 14.5. The SMILES string of the molecule is O=C([C@@H](CCc1ccccc1)NS(=O)(=O)c1c(Cl)cccc1Cl)N1CCc2ccccc2C1.c1ccc2c(c1)CCNC2. The van der Waals surface area contributed by atoms with Crippen molar-refractivity contribution in [1.29, 1.82) is 0 Å². The number of fused-ring (bicyclic) bond motifs is 2. The van der Waals surface area contributed by atoms with Crippen LogP contribution in [0.5, 0.6) is 0 Å². The van der Waals surface area contributed by atoms with Gasteiger partial charge in [0, 0.05) is 19.6 Å². The molecule has 0 aromatic heterocycles. The second-order valence-corrected chi connectivity index (χ2v) is 13.2. The van der Waals surface area contributed by atoms with Gasteiger partial charge >= 0.3 is 0 Å². The van der Waals surface area contributed by atoms with E-state index in [1.54, 1.807) is 11.0 Å². The van der Waals surface area contributed by atoms with Gasteiger partial charge in [0.25, 0.3) is 0 Å². The van der Waals surface area contributed by atoms with E-state index in [4.69, 9.17) is 23.2 Å². The summed E-state index contributed by atoms with van der Waals surface area (Å²) in [7, 11) is -4.13. The van der Waals surface area contributed by atoms with Crippen molar-refractivity contribution in [3.8, 4) is 0 Å². The summed E-state index contributed by atoms with van der Waals surface area (Å²) >= 11 is 12.3. The van der Waals surface area contributed by atoms with Crippen molar-refractivity contribution in [2.24, 2.45) is 0 Å². The smallest absolute Gasteiger partial charge is 0.244 e. The molecule has 0 spiro atoms. The van der Waals surface area contributed by atoms with E-state index >= 15 is 0 Å². The Hall–Kier alpha value is -3.20. The minimum absolute atomic E-state index is 0.0103. The average Bonchev–Trinajstić information content (AvgIpc) is 3.03. The van der Waals surface area contributed by atoms with E-state index in [2.05, 4.69) is 40.4 Å². The third kappa shape index (κ3) is 8.05. The van der Waals surface area contributed by atoms with E-state index in [0.29, 0.717) is 25.9 Å². The van der Waals surface area contributed by atoms with Crippen LogP contribution >= 0.6 is 23.2 Å². The number of aryl methyl sites for hydroxylation is 1. The molecule has 1 atom stereocenters. The quantitative estimate of drug-likeness (QED) is 0.254. The minimum Gasteiger partial charge on any atom is -0.337 e. The van der Waals surface area contributed by atoms with E-state index in [9.17, 15) is 13.2 Å². The fraction of sp³-hybridized carbons (Fsp3) is 0.265. The maximum absolute atomic E-state index is 13.5. The van der Waals surface area contributed by atoms with E-state index in [-0.39, 0.29) is 20.8 Å². The summed E-state index contributed by atoms with van der Waals surface area (Å²) in [6.45, 7) is 3.17. The lowest BCUT2D eigenvalue weighted by Crippen LogP contribution is -2.50. The number of halogens is 2. The monoisotopic (exact) mass is 635 g/mol. The Morgan fingerprint density at radius 1 is 0.791 bits per heavy atom. The van der Waals surface area contributed by atoms with Gasteiger partial charge in [-0.3, -0.25) is 4.79 Å². The van der Waals surface area contributed by atoms with Gasteiger partial charge in [0.15, 0.2) is 0 Å². The van der Waals surface area contributed by atoms with Crippen LogP contribution in [0.1, 0.15) is 34.2 Å². The summed E-state index contributed by atoms with van der Waals surface area (Å²) in [5.74, 6) is -0.257. The maximum atomic E-state index is 13.5. The lowest BCUT2D eigenvalue weighted by Gasteiger charge is -2.32. The van der Waals surface area contributed by atoms with Gasteiger partial charge < -0.3 is 10.2 Å². The summed E-state index contributed by atoms with van der Waals surface area (Å²) in [5.41, 5.74) is 6.30. The van der Waals surface area contributed by atoms with Crippen LogP contribution in [0.3, 0.4) is 0 Å². The molecule has 2 heterocycles. The number of hydrogen-bond donors (Lipinski definition) is 2. The number of amides is 1. The zero-order chi connectivity index (χ0) is 30.2. The highest BCUT2D eigenvalue weighted by Crippen LogP contribution is 2.29. The van der Waals surface area contributed by atoms with Crippen molar-refractivity contribution in [2.75, 3.05) is 13.1 Å². The molecule has 4 aromatic rings. The zero-order valence-electron chi connectivity index (χ0n) is 23.8. The fourth-order valence-corrected chi connectivity index (χ4v) is 7.87. The molecule has 0 radical (unpaired) electrons. The zero-order valence-corrected chi connectivity index (χ0v) is 26.1. The van der Waals surface area contributed by atoms with Crippen molar-refractivity contribution in [3.63, 3.8) is 0 Å². The Kier molecular flexibility index (Phi) is 10.5. The van der Waals surface area contributed by atoms with Crippen molar-refractivity contribution in [3.05, 3.63) is 135 Å². The molecule has 0 aliphatic carbocycles. The topological polar surface area (TPSA) is 78.5 Å². The summed E-state index contributed by atoms with van der Waals surface area (Å²) in [5, 5.41) is 3.36. The predicted octanol–water partition coefficient (Wildman–Crippen LogP) is 6.19. The van der Waals surface area contributed by atoms with Gasteiger partial charge in [0.05, 0.1) is 10.0 Å². The van der Waals surface area contributed by atoms with Gasteiger partial charge in [-0.15, -0.1) is 0 Å². The van der Waals surface area contributed by atoms with Gasteiger partial charge in [-0.05, 0) is 72.2 Å². The molecule has 1 amide bonds. The molecule has 9 heteroatoms. The van der Waals surface area contributed by atoms with E-state index in [1.807, 2.05) is 48.5 Å². The highest BCUT2D eigenvalue weighted by Gasteiger charge is 2.32. The van der Waals surface area contributed by atoms with Crippen LogP contribution in [0.25, 0.3) is 0 Å². The van der Waals surface area contributed by atoms with Crippen LogP contribution in [0.4, 0.5) is 0 Å². The highest BCUT2D eigenvalue weighted by atomic mass is 35.5. The Morgan fingerprint density at radius 3 is 2.07 bits per heavy atom. The summed E-state index contributed by atoms with van der Waals surface area (Å²) in [4.78, 5) is 15.0. The third-order valence-corrected chi connectivity index (χ3v) is 10.2. The number of nitrogens with zero attached hydrogens (tertiary/aromatic N) is 1. The normalized spacial score (nSPS) is 15.0. The molecule has 0 fully saturated rings. The van der Waals surface area contributed by atoms with Gasteiger partial charge in [-0.1, -0.05) is 108 Å². The standard InChI is InChI=1S/C25H24Cl2N2O3S.C9H11N/c26-21-11-6-12-22(27)24(21)33(31,32)28-23(14-13-18-7-2-1-3-8-18)25(30)29-16-15-19-9-4-5-10-20(19)17-29;1-2-4-9-7-10-6-5-8(9)3-1/h1-12,23,28H,13-17H2;1-4,10H,5-7H2/t23-;/m1./s1. The maximum Gasteiger partial charge on any atom is 0.244 e. The molecule has 43 heavy (non-hydrogen) atoms. The summed E-state index contributed by atoms with van der Waals surface area (Å²) in [6.07, 6.45) is 2.77. The molecule has 0 saturated heterocycles. The molecule has 0 unspecified atom stereocenters. The first-order valence-corrected chi connectivity index (χ1v) is 16.7. The lowest BCUT2D eigenvalue weighted by molar-refractivity contribution is -0.134. The first-order chi connectivity index (χ1) is 20.8. The first kappa shape index (κ1) is 31.2. The van der Waals surface area contributed by atoms with Gasteiger partial charge in [0.2, 0.25) is 15.9 Å². The minimum atomic E-state index is -4.13. The second-order valence-electron chi connectivity index (χ2n) is 10.7.